The molecule has 0 bridgehead atoms. The Morgan fingerprint density at radius 1 is 0.657 bits per heavy atom. The van der Waals surface area contributed by atoms with Gasteiger partial charge in [-0.05, 0) is 67.7 Å². The van der Waals surface area contributed by atoms with Crippen molar-refractivity contribution in [2.45, 2.75) is 129 Å². The van der Waals surface area contributed by atoms with Crippen LogP contribution < -0.4 is 4.74 Å². The van der Waals surface area contributed by atoms with Gasteiger partial charge in [0.1, 0.15) is 5.75 Å². The molecular weight excluding hydrogens is 440 g/mol. The molecule has 5 heteroatoms. The minimum Gasteiger partial charge on any atom is -0.493 e. The SMILES string of the molecule is CC(C)COc1ccc(CCCCCCCCCC(=O)O)c(CCCCCCCCCC(=O)O)c1. The standard InChI is InChI=1S/C30H50O5/c1-25(2)24-35-28-22-21-26(17-13-9-5-3-7-11-15-19-29(31)32)27(23-28)18-14-10-6-4-8-12-16-20-30(33)34/h21-23,25H,3-20,24H2,1-2H3,(H,31,32)(H,33,34). The molecule has 0 aromatic heterocycles. The van der Waals surface area contributed by atoms with Gasteiger partial charge in [-0.1, -0.05) is 84.1 Å². The molecule has 200 valence electrons. The maximum absolute atomic E-state index is 10.6. The second-order valence-corrected chi connectivity index (χ2v) is 10.4. The zero-order chi connectivity index (χ0) is 25.7. The summed E-state index contributed by atoms with van der Waals surface area (Å²) in [7, 11) is 0. The predicted octanol–water partition coefficient (Wildman–Crippen LogP) is 8.22. The van der Waals surface area contributed by atoms with Crippen molar-refractivity contribution in [1.29, 1.82) is 0 Å². The lowest BCUT2D eigenvalue weighted by Gasteiger charge is -2.14. The van der Waals surface area contributed by atoms with Gasteiger partial charge in [-0.15, -0.1) is 0 Å². The highest BCUT2D eigenvalue weighted by Gasteiger charge is 2.07. The summed E-state index contributed by atoms with van der Waals surface area (Å²) >= 11 is 0. The van der Waals surface area contributed by atoms with Crippen LogP contribution in [0.4, 0.5) is 0 Å². The Labute approximate surface area is 213 Å². The van der Waals surface area contributed by atoms with E-state index in [1.54, 1.807) is 0 Å². The quantitative estimate of drug-likeness (QED) is 0.151. The van der Waals surface area contributed by atoms with E-state index in [4.69, 9.17) is 14.9 Å². The Balaban J connectivity index is 2.36. The van der Waals surface area contributed by atoms with E-state index in [1.165, 1.54) is 62.5 Å². The summed E-state index contributed by atoms with van der Waals surface area (Å²) in [4.78, 5) is 21.1. The lowest BCUT2D eigenvalue weighted by molar-refractivity contribution is -0.138. The highest BCUT2D eigenvalue weighted by atomic mass is 16.5. The third-order valence-corrected chi connectivity index (χ3v) is 6.43. The van der Waals surface area contributed by atoms with Crippen LogP contribution in [0.1, 0.15) is 128 Å². The van der Waals surface area contributed by atoms with Crippen molar-refractivity contribution in [3.8, 4) is 5.75 Å². The normalized spacial score (nSPS) is 11.2. The molecule has 0 saturated carbocycles. The lowest BCUT2D eigenvalue weighted by atomic mass is 9.96. The first-order valence-corrected chi connectivity index (χ1v) is 14.1. The molecule has 0 aliphatic rings. The minimum atomic E-state index is -0.687. The van der Waals surface area contributed by atoms with Crippen LogP contribution in [0.5, 0.6) is 5.75 Å². The fraction of sp³-hybridized carbons (Fsp3) is 0.733. The summed E-state index contributed by atoms with van der Waals surface area (Å²) in [5, 5.41) is 17.4. The lowest BCUT2D eigenvalue weighted by Crippen LogP contribution is -2.05. The third-order valence-electron chi connectivity index (χ3n) is 6.43. The molecule has 0 aliphatic heterocycles. The first kappa shape index (κ1) is 31.0. The fourth-order valence-corrected chi connectivity index (χ4v) is 4.38. The van der Waals surface area contributed by atoms with Crippen molar-refractivity contribution in [2.75, 3.05) is 6.61 Å². The highest BCUT2D eigenvalue weighted by molar-refractivity contribution is 5.66. The molecule has 0 radical (unpaired) electrons. The summed E-state index contributed by atoms with van der Waals surface area (Å²) in [5.74, 6) is 0.123. The van der Waals surface area contributed by atoms with E-state index in [0.29, 0.717) is 18.8 Å². The Morgan fingerprint density at radius 2 is 1.09 bits per heavy atom. The summed E-state index contributed by atoms with van der Waals surface area (Å²) in [5.41, 5.74) is 2.89. The number of rotatable bonds is 23. The van der Waals surface area contributed by atoms with Gasteiger partial charge in [0, 0.05) is 12.8 Å². The molecule has 1 aromatic carbocycles. The van der Waals surface area contributed by atoms with Crippen LogP contribution >= 0.6 is 0 Å². The number of benzene rings is 1. The average Bonchev–Trinajstić information content (AvgIpc) is 2.81. The van der Waals surface area contributed by atoms with Crippen molar-refractivity contribution < 1.29 is 24.5 Å². The predicted molar refractivity (Wildman–Crippen MR) is 143 cm³/mol. The van der Waals surface area contributed by atoms with Crippen LogP contribution in [0.25, 0.3) is 0 Å². The molecular formula is C30H50O5. The number of ether oxygens (including phenoxy) is 1. The topological polar surface area (TPSA) is 83.8 Å². The molecule has 0 heterocycles. The van der Waals surface area contributed by atoms with Crippen molar-refractivity contribution in [3.63, 3.8) is 0 Å². The summed E-state index contributed by atoms with van der Waals surface area (Å²) < 4.78 is 5.99. The van der Waals surface area contributed by atoms with Crippen molar-refractivity contribution >= 4 is 11.9 Å². The van der Waals surface area contributed by atoms with Crippen LogP contribution in [0.3, 0.4) is 0 Å². The first-order valence-electron chi connectivity index (χ1n) is 14.1. The molecule has 1 rings (SSSR count). The van der Waals surface area contributed by atoms with Crippen molar-refractivity contribution in [2.24, 2.45) is 5.92 Å². The number of aliphatic carboxylic acids is 2. The Kier molecular flexibility index (Phi) is 17.9. The minimum absolute atomic E-state index is 0.296. The van der Waals surface area contributed by atoms with Gasteiger partial charge >= 0.3 is 11.9 Å². The molecule has 5 nitrogen and oxygen atoms in total. The largest absolute Gasteiger partial charge is 0.493 e. The number of carboxylic acid groups (broad SMARTS) is 2. The number of carbonyl (C=O) groups is 2. The van der Waals surface area contributed by atoms with Crippen molar-refractivity contribution in [1.82, 2.24) is 0 Å². The van der Waals surface area contributed by atoms with Crippen LogP contribution in [-0.2, 0) is 22.4 Å². The zero-order valence-electron chi connectivity index (χ0n) is 22.4. The monoisotopic (exact) mass is 490 g/mol. The van der Waals surface area contributed by atoms with E-state index >= 15 is 0 Å². The van der Waals surface area contributed by atoms with E-state index in [2.05, 4.69) is 32.0 Å². The molecule has 0 unspecified atom stereocenters. The summed E-state index contributed by atoms with van der Waals surface area (Å²) in [6, 6.07) is 6.65. The van der Waals surface area contributed by atoms with Crippen LogP contribution in [0, 0.1) is 5.92 Å². The Morgan fingerprint density at radius 3 is 1.54 bits per heavy atom. The Hall–Kier alpha value is -2.04. The second kappa shape index (κ2) is 20.2. The number of unbranched alkanes of at least 4 members (excludes halogenated alkanes) is 12. The van der Waals surface area contributed by atoms with E-state index in [1.807, 2.05) is 0 Å². The smallest absolute Gasteiger partial charge is 0.303 e. The second-order valence-electron chi connectivity index (χ2n) is 10.4. The fourth-order valence-electron chi connectivity index (χ4n) is 4.38. The van der Waals surface area contributed by atoms with E-state index in [0.717, 1.165) is 63.7 Å². The van der Waals surface area contributed by atoms with Crippen LogP contribution in [-0.4, -0.2) is 28.8 Å². The van der Waals surface area contributed by atoms with Crippen LogP contribution in [0.2, 0.25) is 0 Å². The van der Waals surface area contributed by atoms with Gasteiger partial charge in [0.15, 0.2) is 0 Å². The molecule has 0 atom stereocenters. The first-order chi connectivity index (χ1) is 16.9. The number of hydrogen-bond donors (Lipinski definition) is 2. The van der Waals surface area contributed by atoms with Crippen molar-refractivity contribution in [3.05, 3.63) is 29.3 Å². The number of hydrogen-bond acceptors (Lipinski definition) is 3. The number of aryl methyl sites for hydroxylation is 2. The maximum atomic E-state index is 10.6. The van der Waals surface area contributed by atoms with E-state index in [-0.39, 0.29) is 0 Å². The molecule has 0 amide bonds. The third kappa shape index (κ3) is 18.0. The molecule has 2 N–H and O–H groups in total. The summed E-state index contributed by atoms with van der Waals surface area (Å²) in [6.45, 7) is 5.08. The van der Waals surface area contributed by atoms with Gasteiger partial charge in [0.2, 0.25) is 0 Å². The highest BCUT2D eigenvalue weighted by Crippen LogP contribution is 2.23. The van der Waals surface area contributed by atoms with Gasteiger partial charge < -0.3 is 14.9 Å². The van der Waals surface area contributed by atoms with Gasteiger partial charge in [-0.3, -0.25) is 9.59 Å². The molecule has 0 fully saturated rings. The Bertz CT molecular complexity index is 698. The van der Waals surface area contributed by atoms with Crippen LogP contribution in [0.15, 0.2) is 18.2 Å². The number of carboxylic acids is 2. The van der Waals surface area contributed by atoms with Gasteiger partial charge in [-0.25, -0.2) is 0 Å². The molecule has 0 aliphatic carbocycles. The molecule has 1 aromatic rings. The molecule has 0 spiro atoms. The average molecular weight is 491 g/mol. The van der Waals surface area contributed by atoms with Gasteiger partial charge in [0.25, 0.3) is 0 Å². The van der Waals surface area contributed by atoms with E-state index < -0.39 is 11.9 Å². The van der Waals surface area contributed by atoms with E-state index in [9.17, 15) is 9.59 Å². The zero-order valence-corrected chi connectivity index (χ0v) is 22.4. The van der Waals surface area contributed by atoms with Gasteiger partial charge in [-0.2, -0.15) is 0 Å². The molecule has 35 heavy (non-hydrogen) atoms. The van der Waals surface area contributed by atoms with Gasteiger partial charge in [0.05, 0.1) is 6.61 Å². The maximum Gasteiger partial charge on any atom is 0.303 e. The molecule has 0 saturated heterocycles. The summed E-state index contributed by atoms with van der Waals surface area (Å²) in [6.07, 6.45) is 18.4.